The van der Waals surface area contributed by atoms with E-state index < -0.39 is 59.8 Å². The Morgan fingerprint density at radius 1 is 0.544 bits per heavy atom. The van der Waals surface area contributed by atoms with Crippen LogP contribution in [-0.4, -0.2) is 97.5 Å². The van der Waals surface area contributed by atoms with Crippen LogP contribution in [-0.2, 0) is 38.3 Å². The molecule has 0 bridgehead atoms. The summed E-state index contributed by atoms with van der Waals surface area (Å²) in [6.07, 6.45) is 45.4. The molecule has 0 radical (unpaired) electrons. The summed E-state index contributed by atoms with van der Waals surface area (Å²) >= 11 is 0. The first-order chi connectivity index (χ1) is 33.1. The Kier molecular flexibility index (Phi) is 44.7. The van der Waals surface area contributed by atoms with Gasteiger partial charge in [-0.2, -0.15) is 8.42 Å². The Hall–Kier alpha value is -1.16. The van der Waals surface area contributed by atoms with Crippen molar-refractivity contribution in [2.75, 3.05) is 26.4 Å². The lowest BCUT2D eigenvalue weighted by Crippen LogP contribution is -2.60. The average Bonchev–Trinajstić information content (AvgIpc) is 3.31. The summed E-state index contributed by atoms with van der Waals surface area (Å²) in [6, 6.07) is 0. The van der Waals surface area contributed by atoms with E-state index >= 15 is 0 Å². The minimum atomic E-state index is -5.06. The van der Waals surface area contributed by atoms with Crippen LogP contribution in [0.5, 0.6) is 0 Å². The van der Waals surface area contributed by atoms with Crippen molar-refractivity contribution in [1.82, 2.24) is 0 Å². The maximum atomic E-state index is 12.9. The van der Waals surface area contributed by atoms with Crippen LogP contribution in [0.4, 0.5) is 0 Å². The van der Waals surface area contributed by atoms with Crippen molar-refractivity contribution in [3.05, 3.63) is 12.2 Å². The minimum Gasteiger partial charge on any atom is -0.457 e. The molecular weight excluding hydrogens is 885 g/mol. The first-order valence-corrected chi connectivity index (χ1v) is 29.8. The quantitative estimate of drug-likeness (QED) is 0.0196. The topological polar surface area (TPSA) is 178 Å². The van der Waals surface area contributed by atoms with Gasteiger partial charge in [0.1, 0.15) is 30.5 Å². The fourth-order valence-corrected chi connectivity index (χ4v) is 9.59. The predicted molar refractivity (Wildman–Crippen MR) is 276 cm³/mol. The number of allylic oxidation sites excluding steroid dienone is 2. The SMILES string of the molecule is CCCCCCCCC/C=C\CCCCCCCC(=O)OC(COCCCCCCCCCCCCCCCCCCCCCCCCCCC)COC1OC(CO)C(O)C(OS(=O)(=O)O)C1O. The number of rotatable bonds is 51. The van der Waals surface area contributed by atoms with Gasteiger partial charge in [0.2, 0.25) is 0 Å². The van der Waals surface area contributed by atoms with Gasteiger partial charge in [0.25, 0.3) is 0 Å². The minimum absolute atomic E-state index is 0.0391. The van der Waals surface area contributed by atoms with Crippen molar-refractivity contribution in [1.29, 1.82) is 0 Å². The van der Waals surface area contributed by atoms with Gasteiger partial charge in [0.15, 0.2) is 6.29 Å². The molecule has 68 heavy (non-hydrogen) atoms. The van der Waals surface area contributed by atoms with E-state index in [0.29, 0.717) is 13.0 Å². The Morgan fingerprint density at radius 3 is 1.32 bits per heavy atom. The van der Waals surface area contributed by atoms with Gasteiger partial charge >= 0.3 is 16.4 Å². The first kappa shape index (κ1) is 64.9. The molecule has 1 aliphatic heterocycles. The molecule has 0 aromatic carbocycles. The predicted octanol–water partition coefficient (Wildman–Crippen LogP) is 13.8. The van der Waals surface area contributed by atoms with E-state index in [1.54, 1.807) is 0 Å². The number of unbranched alkanes of at least 4 members (excludes halogenated alkanes) is 36. The van der Waals surface area contributed by atoms with Crippen molar-refractivity contribution < 1.29 is 56.2 Å². The summed E-state index contributed by atoms with van der Waals surface area (Å²) < 4.78 is 59.4. The Labute approximate surface area is 417 Å². The number of carbonyl (C=O) groups excluding carboxylic acids is 1. The molecule has 404 valence electrons. The molecule has 1 rings (SSSR count). The van der Waals surface area contributed by atoms with Crippen LogP contribution >= 0.6 is 0 Å². The Morgan fingerprint density at radius 2 is 0.926 bits per heavy atom. The molecule has 6 unspecified atom stereocenters. The van der Waals surface area contributed by atoms with Crippen LogP contribution in [0.25, 0.3) is 0 Å². The molecule has 0 aromatic rings. The van der Waals surface area contributed by atoms with E-state index in [9.17, 15) is 33.1 Å². The molecule has 0 aliphatic carbocycles. The Bertz CT molecular complexity index is 1240. The van der Waals surface area contributed by atoms with Gasteiger partial charge < -0.3 is 34.3 Å². The van der Waals surface area contributed by atoms with Gasteiger partial charge in [-0.05, 0) is 38.5 Å². The fraction of sp³-hybridized carbons (Fsp3) is 0.945. The summed E-state index contributed by atoms with van der Waals surface area (Å²) in [5, 5.41) is 30.8. The smallest absolute Gasteiger partial charge is 0.397 e. The number of hydrogen-bond donors (Lipinski definition) is 4. The lowest BCUT2D eigenvalue weighted by Gasteiger charge is -2.41. The molecule has 13 heteroatoms. The van der Waals surface area contributed by atoms with Crippen molar-refractivity contribution in [3.63, 3.8) is 0 Å². The lowest BCUT2D eigenvalue weighted by atomic mass is 9.99. The van der Waals surface area contributed by atoms with Gasteiger partial charge in [0.05, 0.1) is 19.8 Å². The van der Waals surface area contributed by atoms with Crippen molar-refractivity contribution >= 4 is 16.4 Å². The second kappa shape index (κ2) is 46.9. The van der Waals surface area contributed by atoms with Crippen molar-refractivity contribution in [2.45, 2.75) is 307 Å². The average molecular weight is 992 g/mol. The second-order valence-electron chi connectivity index (χ2n) is 19.9. The van der Waals surface area contributed by atoms with E-state index in [-0.39, 0.29) is 19.6 Å². The number of aliphatic hydroxyl groups is 3. The van der Waals surface area contributed by atoms with E-state index in [4.69, 9.17) is 18.9 Å². The standard InChI is InChI=1S/C55H106O12S/c1-3-5-7-9-11-13-15-17-19-21-22-23-24-25-26-27-28-29-31-33-35-37-39-41-43-45-63-47-49(48-64-55-53(59)54(67-68(60,61)62)52(58)50(46-56)66-55)65-51(57)44-42-40-38-36-34-32-30-20-18-16-14-12-10-8-6-4-2/h20,30,49-50,52-56,58-59H,3-19,21-29,31-48H2,1-2H3,(H,60,61,62)/b30-20-. The third-order valence-corrected chi connectivity index (χ3v) is 13.9. The van der Waals surface area contributed by atoms with Crippen LogP contribution < -0.4 is 0 Å². The molecule has 0 saturated carbocycles. The fourth-order valence-electron chi connectivity index (χ4n) is 9.08. The second-order valence-corrected chi connectivity index (χ2v) is 20.9. The van der Waals surface area contributed by atoms with Gasteiger partial charge in [-0.3, -0.25) is 9.35 Å². The third-order valence-electron chi connectivity index (χ3n) is 13.4. The van der Waals surface area contributed by atoms with Crippen LogP contribution in [0.15, 0.2) is 12.2 Å². The molecule has 0 spiro atoms. The summed E-state index contributed by atoms with van der Waals surface area (Å²) in [6.45, 7) is 4.04. The van der Waals surface area contributed by atoms with E-state index in [2.05, 4.69) is 30.2 Å². The van der Waals surface area contributed by atoms with E-state index in [1.165, 1.54) is 186 Å². The molecule has 12 nitrogen and oxygen atoms in total. The number of hydrogen-bond acceptors (Lipinski definition) is 11. The summed E-state index contributed by atoms with van der Waals surface area (Å²) in [5.74, 6) is -0.401. The maximum Gasteiger partial charge on any atom is 0.397 e. The van der Waals surface area contributed by atoms with Gasteiger partial charge in [-0.15, -0.1) is 0 Å². The first-order valence-electron chi connectivity index (χ1n) is 28.4. The number of ether oxygens (including phenoxy) is 4. The highest BCUT2D eigenvalue weighted by atomic mass is 32.3. The zero-order valence-corrected chi connectivity index (χ0v) is 44.5. The number of esters is 1. The highest BCUT2D eigenvalue weighted by Crippen LogP contribution is 2.26. The third kappa shape index (κ3) is 39.5. The number of carbonyl (C=O) groups is 1. The van der Waals surface area contributed by atoms with Gasteiger partial charge in [0, 0.05) is 13.0 Å². The van der Waals surface area contributed by atoms with Crippen LogP contribution in [0, 0.1) is 0 Å². The van der Waals surface area contributed by atoms with Gasteiger partial charge in [-0.1, -0.05) is 238 Å². The van der Waals surface area contributed by atoms with Gasteiger partial charge in [-0.25, -0.2) is 4.18 Å². The van der Waals surface area contributed by atoms with E-state index in [0.717, 1.165) is 57.8 Å². The molecule has 0 amide bonds. The highest BCUT2D eigenvalue weighted by molar-refractivity contribution is 7.80. The van der Waals surface area contributed by atoms with Crippen LogP contribution in [0.3, 0.4) is 0 Å². The molecule has 1 heterocycles. The zero-order valence-electron chi connectivity index (χ0n) is 43.7. The highest BCUT2D eigenvalue weighted by Gasteiger charge is 2.48. The summed E-state index contributed by atoms with van der Waals surface area (Å²) in [7, 11) is -5.06. The van der Waals surface area contributed by atoms with Crippen LogP contribution in [0.2, 0.25) is 0 Å². The van der Waals surface area contributed by atoms with Crippen molar-refractivity contribution in [3.8, 4) is 0 Å². The molecule has 1 saturated heterocycles. The lowest BCUT2D eigenvalue weighted by molar-refractivity contribution is -0.301. The summed E-state index contributed by atoms with van der Waals surface area (Å²) in [4.78, 5) is 12.9. The maximum absolute atomic E-state index is 12.9. The normalized spacial score (nSPS) is 19.3. The molecular formula is C55H106O12S. The number of aliphatic hydroxyl groups excluding tert-OH is 3. The molecule has 4 N–H and O–H groups in total. The van der Waals surface area contributed by atoms with E-state index in [1.807, 2.05) is 0 Å². The molecule has 1 fully saturated rings. The summed E-state index contributed by atoms with van der Waals surface area (Å²) in [5.41, 5.74) is 0. The molecule has 6 atom stereocenters. The monoisotopic (exact) mass is 991 g/mol. The van der Waals surface area contributed by atoms with Crippen molar-refractivity contribution in [2.24, 2.45) is 0 Å². The Balaban J connectivity index is 2.27. The van der Waals surface area contributed by atoms with Crippen LogP contribution in [0.1, 0.15) is 271 Å². The molecule has 0 aromatic heterocycles. The zero-order chi connectivity index (χ0) is 49.6. The largest absolute Gasteiger partial charge is 0.457 e. The molecule has 1 aliphatic rings.